The number of carbonyl (C=O) groups is 1. The molecular weight excluding hydrogens is 276 g/mol. The molecule has 0 unspecified atom stereocenters. The fraction of sp³-hybridized carbons (Fsp3) is 0. The first kappa shape index (κ1) is 13.1. The number of fused-ring (bicyclic) bond motifs is 1. The van der Waals surface area contributed by atoms with E-state index in [-0.39, 0.29) is 11.4 Å². The van der Waals surface area contributed by atoms with Gasteiger partial charge in [-0.05, 0) is 24.3 Å². The molecule has 1 N–H and O–H groups in total. The SMILES string of the molecule is O=C(Nc1cc(F)cc(F)c1)c1cnc2ccccc2n1. The van der Waals surface area contributed by atoms with Crippen molar-refractivity contribution in [3.63, 3.8) is 0 Å². The summed E-state index contributed by atoms with van der Waals surface area (Å²) in [5.74, 6) is -2.12. The summed E-state index contributed by atoms with van der Waals surface area (Å²) in [6, 6.07) is 9.86. The van der Waals surface area contributed by atoms with Gasteiger partial charge in [0.1, 0.15) is 17.3 Å². The maximum Gasteiger partial charge on any atom is 0.275 e. The maximum atomic E-state index is 13.1. The minimum Gasteiger partial charge on any atom is -0.320 e. The highest BCUT2D eigenvalue weighted by molar-refractivity contribution is 6.03. The van der Waals surface area contributed by atoms with E-state index in [1.165, 1.54) is 6.20 Å². The van der Waals surface area contributed by atoms with E-state index >= 15 is 0 Å². The fourth-order valence-electron chi connectivity index (χ4n) is 1.89. The number of hydrogen-bond acceptors (Lipinski definition) is 3. The van der Waals surface area contributed by atoms with Crippen LogP contribution in [0.1, 0.15) is 10.5 Å². The van der Waals surface area contributed by atoms with Gasteiger partial charge in [-0.15, -0.1) is 0 Å². The van der Waals surface area contributed by atoms with Gasteiger partial charge < -0.3 is 5.32 Å². The Bertz CT molecular complexity index is 816. The van der Waals surface area contributed by atoms with E-state index in [0.29, 0.717) is 11.0 Å². The van der Waals surface area contributed by atoms with E-state index < -0.39 is 17.5 Å². The van der Waals surface area contributed by atoms with E-state index in [2.05, 4.69) is 15.3 Å². The van der Waals surface area contributed by atoms with Gasteiger partial charge in [-0.1, -0.05) is 12.1 Å². The molecule has 21 heavy (non-hydrogen) atoms. The second-order valence-corrected chi connectivity index (χ2v) is 4.36. The molecule has 0 aliphatic rings. The van der Waals surface area contributed by atoms with Gasteiger partial charge >= 0.3 is 0 Å². The Hall–Kier alpha value is -2.89. The molecular formula is C15H9F2N3O. The van der Waals surface area contributed by atoms with Crippen LogP contribution >= 0.6 is 0 Å². The minimum atomic E-state index is -0.769. The van der Waals surface area contributed by atoms with Crippen molar-refractivity contribution in [3.05, 3.63) is 66.0 Å². The molecule has 0 bridgehead atoms. The van der Waals surface area contributed by atoms with Crippen LogP contribution in [0.15, 0.2) is 48.7 Å². The molecule has 0 spiro atoms. The quantitative estimate of drug-likeness (QED) is 0.787. The van der Waals surface area contributed by atoms with Crippen LogP contribution in [0.2, 0.25) is 0 Å². The van der Waals surface area contributed by atoms with Crippen molar-refractivity contribution >= 4 is 22.6 Å². The van der Waals surface area contributed by atoms with Crippen molar-refractivity contribution in [1.29, 1.82) is 0 Å². The molecule has 1 heterocycles. The molecule has 104 valence electrons. The topological polar surface area (TPSA) is 54.9 Å². The first-order valence-electron chi connectivity index (χ1n) is 6.11. The van der Waals surface area contributed by atoms with Crippen LogP contribution in [0.5, 0.6) is 0 Å². The van der Waals surface area contributed by atoms with Crippen LogP contribution in [0.4, 0.5) is 14.5 Å². The number of para-hydroxylation sites is 2. The summed E-state index contributed by atoms with van der Waals surface area (Å²) in [7, 11) is 0. The molecule has 0 atom stereocenters. The second kappa shape index (κ2) is 5.24. The monoisotopic (exact) mass is 285 g/mol. The zero-order valence-electron chi connectivity index (χ0n) is 10.7. The van der Waals surface area contributed by atoms with Crippen LogP contribution in [0.3, 0.4) is 0 Å². The van der Waals surface area contributed by atoms with Crippen molar-refractivity contribution in [3.8, 4) is 0 Å². The smallest absolute Gasteiger partial charge is 0.275 e. The third-order valence-corrected chi connectivity index (χ3v) is 2.80. The van der Waals surface area contributed by atoms with E-state index in [4.69, 9.17) is 0 Å². The lowest BCUT2D eigenvalue weighted by atomic mass is 10.2. The summed E-state index contributed by atoms with van der Waals surface area (Å²) >= 11 is 0. The van der Waals surface area contributed by atoms with Gasteiger partial charge in [0.25, 0.3) is 5.91 Å². The maximum absolute atomic E-state index is 13.1. The van der Waals surface area contributed by atoms with Crippen LogP contribution in [-0.4, -0.2) is 15.9 Å². The largest absolute Gasteiger partial charge is 0.320 e. The molecule has 1 amide bonds. The zero-order chi connectivity index (χ0) is 14.8. The summed E-state index contributed by atoms with van der Waals surface area (Å²) in [5.41, 5.74) is 1.31. The number of nitrogens with zero attached hydrogens (tertiary/aromatic N) is 2. The molecule has 0 saturated carbocycles. The highest BCUT2D eigenvalue weighted by Crippen LogP contribution is 2.14. The molecule has 0 radical (unpaired) electrons. The predicted octanol–water partition coefficient (Wildman–Crippen LogP) is 3.16. The fourth-order valence-corrected chi connectivity index (χ4v) is 1.89. The van der Waals surface area contributed by atoms with E-state index in [1.54, 1.807) is 18.2 Å². The summed E-state index contributed by atoms with van der Waals surface area (Å²) in [4.78, 5) is 20.3. The predicted molar refractivity (Wildman–Crippen MR) is 73.8 cm³/mol. The molecule has 3 aromatic rings. The van der Waals surface area contributed by atoms with Gasteiger partial charge in [0.15, 0.2) is 0 Å². The van der Waals surface area contributed by atoms with Gasteiger partial charge in [-0.3, -0.25) is 9.78 Å². The lowest BCUT2D eigenvalue weighted by molar-refractivity contribution is 0.102. The summed E-state index contributed by atoms with van der Waals surface area (Å²) in [6.45, 7) is 0. The van der Waals surface area contributed by atoms with Crippen molar-refractivity contribution in [2.75, 3.05) is 5.32 Å². The molecule has 0 saturated heterocycles. The first-order valence-corrected chi connectivity index (χ1v) is 6.11. The average molecular weight is 285 g/mol. The third kappa shape index (κ3) is 2.84. The molecule has 2 aromatic carbocycles. The Kier molecular flexibility index (Phi) is 3.27. The Morgan fingerprint density at radius 1 is 1.00 bits per heavy atom. The summed E-state index contributed by atoms with van der Waals surface area (Å²) in [6.07, 6.45) is 1.31. The van der Waals surface area contributed by atoms with E-state index in [9.17, 15) is 13.6 Å². The zero-order valence-corrected chi connectivity index (χ0v) is 10.7. The molecule has 0 fully saturated rings. The molecule has 0 aliphatic heterocycles. The normalized spacial score (nSPS) is 10.6. The van der Waals surface area contributed by atoms with Crippen molar-refractivity contribution in [2.24, 2.45) is 0 Å². The number of carbonyl (C=O) groups excluding carboxylic acids is 1. The number of rotatable bonds is 2. The number of benzene rings is 2. The Morgan fingerprint density at radius 2 is 1.67 bits per heavy atom. The van der Waals surface area contributed by atoms with Crippen LogP contribution in [0, 0.1) is 11.6 Å². The molecule has 3 rings (SSSR count). The van der Waals surface area contributed by atoms with Crippen molar-refractivity contribution in [1.82, 2.24) is 9.97 Å². The highest BCUT2D eigenvalue weighted by atomic mass is 19.1. The van der Waals surface area contributed by atoms with Gasteiger partial charge in [0.2, 0.25) is 0 Å². The van der Waals surface area contributed by atoms with E-state index in [1.807, 2.05) is 6.07 Å². The molecule has 6 heteroatoms. The number of hydrogen-bond donors (Lipinski definition) is 1. The number of nitrogens with one attached hydrogen (secondary N) is 1. The molecule has 0 aliphatic carbocycles. The number of aromatic nitrogens is 2. The Morgan fingerprint density at radius 3 is 2.38 bits per heavy atom. The number of halogens is 2. The average Bonchev–Trinajstić information content (AvgIpc) is 2.45. The van der Waals surface area contributed by atoms with Crippen molar-refractivity contribution < 1.29 is 13.6 Å². The highest BCUT2D eigenvalue weighted by Gasteiger charge is 2.10. The lowest BCUT2D eigenvalue weighted by Crippen LogP contribution is -2.14. The molecule has 1 aromatic heterocycles. The summed E-state index contributed by atoms with van der Waals surface area (Å²) < 4.78 is 26.1. The van der Waals surface area contributed by atoms with Gasteiger partial charge in [-0.25, -0.2) is 13.8 Å². The number of amides is 1. The second-order valence-electron chi connectivity index (χ2n) is 4.36. The van der Waals surface area contributed by atoms with E-state index in [0.717, 1.165) is 18.2 Å². The van der Waals surface area contributed by atoms with Gasteiger partial charge in [0.05, 0.1) is 17.2 Å². The van der Waals surface area contributed by atoms with Gasteiger partial charge in [-0.2, -0.15) is 0 Å². The van der Waals surface area contributed by atoms with Crippen LogP contribution < -0.4 is 5.32 Å². The standard InChI is InChI=1S/C15H9F2N3O/c16-9-5-10(17)7-11(6-9)19-15(21)14-8-18-12-3-1-2-4-13(12)20-14/h1-8H,(H,19,21). The minimum absolute atomic E-state index is 0.0208. The van der Waals surface area contributed by atoms with Crippen LogP contribution in [-0.2, 0) is 0 Å². The summed E-state index contributed by atoms with van der Waals surface area (Å²) in [5, 5.41) is 2.38. The Labute approximate surface area is 118 Å². The lowest BCUT2D eigenvalue weighted by Gasteiger charge is -2.05. The first-order chi connectivity index (χ1) is 10.1. The Balaban J connectivity index is 1.89. The molecule has 4 nitrogen and oxygen atoms in total. The third-order valence-electron chi connectivity index (χ3n) is 2.80. The number of anilines is 1. The van der Waals surface area contributed by atoms with Gasteiger partial charge in [0, 0.05) is 11.8 Å². The van der Waals surface area contributed by atoms with Crippen molar-refractivity contribution in [2.45, 2.75) is 0 Å². The van der Waals surface area contributed by atoms with Crippen LogP contribution in [0.25, 0.3) is 11.0 Å².